The summed E-state index contributed by atoms with van der Waals surface area (Å²) in [4.78, 5) is 16.9. The van der Waals surface area contributed by atoms with Gasteiger partial charge in [-0.1, -0.05) is 13.0 Å². The lowest BCUT2D eigenvalue weighted by Gasteiger charge is -2.21. The number of nitrogens with one attached hydrogen (secondary N) is 1. The van der Waals surface area contributed by atoms with Crippen LogP contribution in [0.4, 0.5) is 5.69 Å². The van der Waals surface area contributed by atoms with E-state index >= 15 is 0 Å². The highest BCUT2D eigenvalue weighted by molar-refractivity contribution is 7.99. The number of pyridine rings is 1. The van der Waals surface area contributed by atoms with Crippen molar-refractivity contribution in [3.05, 3.63) is 52.2 Å². The third kappa shape index (κ3) is 4.90. The van der Waals surface area contributed by atoms with Crippen LogP contribution >= 0.6 is 11.8 Å². The first-order valence-corrected chi connectivity index (χ1v) is 10.4. The number of aryl methyl sites for hydroxylation is 3. The van der Waals surface area contributed by atoms with Gasteiger partial charge in [0.2, 0.25) is 5.91 Å². The van der Waals surface area contributed by atoms with Gasteiger partial charge in [0.1, 0.15) is 11.1 Å². The third-order valence-electron chi connectivity index (χ3n) is 5.08. The van der Waals surface area contributed by atoms with Crippen molar-refractivity contribution >= 4 is 23.4 Å². The second-order valence-electron chi connectivity index (χ2n) is 7.35. The fourth-order valence-corrected chi connectivity index (χ4v) is 4.22. The normalized spacial score (nSPS) is 15.7. The van der Waals surface area contributed by atoms with E-state index in [2.05, 4.69) is 25.2 Å². The first-order valence-electron chi connectivity index (χ1n) is 9.39. The number of nitrogens with zero attached hydrogens (tertiary/aromatic N) is 2. The standard InChI is InChI=1S/C22H25N3OS/c1-14-4-7-20-17(10-14)12-18(13-23)22(25-20)27-9-8-21(26)24-19-6-5-15(2)16(3)11-19/h5-6,11-12,14H,4,7-10H2,1-3H3,(H,24,26). The average molecular weight is 380 g/mol. The van der Waals surface area contributed by atoms with E-state index in [1.165, 1.54) is 22.9 Å². The van der Waals surface area contributed by atoms with Crippen LogP contribution in [0.1, 0.15) is 47.7 Å². The molecular weight excluding hydrogens is 354 g/mol. The SMILES string of the molecule is Cc1ccc(NC(=O)CCSc2nc3c(cc2C#N)CC(C)CC3)cc1C. The zero-order valence-corrected chi connectivity index (χ0v) is 16.9. The molecule has 2 aromatic rings. The summed E-state index contributed by atoms with van der Waals surface area (Å²) < 4.78 is 0. The smallest absolute Gasteiger partial charge is 0.225 e. The van der Waals surface area contributed by atoms with Crippen molar-refractivity contribution < 1.29 is 4.79 Å². The minimum absolute atomic E-state index is 0.0176. The highest BCUT2D eigenvalue weighted by Crippen LogP contribution is 2.29. The fraction of sp³-hybridized carbons (Fsp3) is 0.409. The molecule has 0 aliphatic heterocycles. The van der Waals surface area contributed by atoms with Gasteiger partial charge in [0.05, 0.1) is 5.56 Å². The van der Waals surface area contributed by atoms with Crippen molar-refractivity contribution in [3.8, 4) is 6.07 Å². The second-order valence-corrected chi connectivity index (χ2v) is 8.44. The van der Waals surface area contributed by atoms with Gasteiger partial charge in [-0.3, -0.25) is 4.79 Å². The van der Waals surface area contributed by atoms with Crippen LogP contribution in [0.15, 0.2) is 29.3 Å². The molecule has 0 radical (unpaired) electrons. The summed E-state index contributed by atoms with van der Waals surface area (Å²) in [6.07, 6.45) is 3.51. The van der Waals surface area contributed by atoms with E-state index in [-0.39, 0.29) is 5.91 Å². The Morgan fingerprint density at radius 2 is 2.15 bits per heavy atom. The number of nitriles is 1. The summed E-state index contributed by atoms with van der Waals surface area (Å²) in [5.74, 6) is 1.24. The van der Waals surface area contributed by atoms with E-state index in [9.17, 15) is 10.1 Å². The highest BCUT2D eigenvalue weighted by Gasteiger charge is 2.19. The molecule has 1 N–H and O–H groups in total. The number of benzene rings is 1. The average Bonchev–Trinajstić information content (AvgIpc) is 2.64. The zero-order chi connectivity index (χ0) is 19.4. The molecule has 1 aliphatic carbocycles. The molecular formula is C22H25N3OS. The van der Waals surface area contributed by atoms with Gasteiger partial charge in [-0.05, 0) is 73.9 Å². The lowest BCUT2D eigenvalue weighted by atomic mass is 9.87. The third-order valence-corrected chi connectivity index (χ3v) is 6.07. The summed E-state index contributed by atoms with van der Waals surface area (Å²) in [5.41, 5.74) is 6.15. The van der Waals surface area contributed by atoms with Crippen LogP contribution in [-0.4, -0.2) is 16.6 Å². The number of hydrogen-bond donors (Lipinski definition) is 1. The molecule has 27 heavy (non-hydrogen) atoms. The molecule has 1 heterocycles. The first-order chi connectivity index (χ1) is 13.0. The lowest BCUT2D eigenvalue weighted by molar-refractivity contribution is -0.115. The molecule has 1 atom stereocenters. The van der Waals surface area contributed by atoms with Gasteiger partial charge in [-0.25, -0.2) is 4.98 Å². The van der Waals surface area contributed by atoms with E-state index in [1.807, 2.05) is 31.2 Å². The topological polar surface area (TPSA) is 65.8 Å². The number of carbonyl (C=O) groups excluding carboxylic acids is 1. The number of carbonyl (C=O) groups is 1. The Bertz CT molecular complexity index is 901. The molecule has 1 aromatic heterocycles. The Balaban J connectivity index is 1.59. The molecule has 3 rings (SSSR count). The van der Waals surface area contributed by atoms with Gasteiger partial charge in [0, 0.05) is 23.6 Å². The predicted molar refractivity (Wildman–Crippen MR) is 110 cm³/mol. The minimum Gasteiger partial charge on any atom is -0.326 e. The Kier molecular flexibility index (Phi) is 6.18. The molecule has 0 saturated carbocycles. The number of hydrogen-bond acceptors (Lipinski definition) is 4. The molecule has 1 aromatic carbocycles. The van der Waals surface area contributed by atoms with Gasteiger partial charge < -0.3 is 5.32 Å². The van der Waals surface area contributed by atoms with Crippen LogP contribution in [0.3, 0.4) is 0 Å². The largest absolute Gasteiger partial charge is 0.326 e. The summed E-state index contributed by atoms with van der Waals surface area (Å²) in [7, 11) is 0. The maximum atomic E-state index is 12.2. The molecule has 5 heteroatoms. The number of rotatable bonds is 5. The Morgan fingerprint density at radius 3 is 2.89 bits per heavy atom. The molecule has 140 valence electrons. The summed E-state index contributed by atoms with van der Waals surface area (Å²) in [6.45, 7) is 6.33. The van der Waals surface area contributed by atoms with E-state index in [1.54, 1.807) is 0 Å². The van der Waals surface area contributed by atoms with Gasteiger partial charge in [0.15, 0.2) is 0 Å². The second kappa shape index (κ2) is 8.58. The van der Waals surface area contributed by atoms with Crippen molar-refractivity contribution in [2.75, 3.05) is 11.1 Å². The monoisotopic (exact) mass is 379 g/mol. The fourth-order valence-electron chi connectivity index (χ4n) is 3.30. The molecule has 1 aliphatic rings. The highest BCUT2D eigenvalue weighted by atomic mass is 32.2. The van der Waals surface area contributed by atoms with Crippen LogP contribution in [0.25, 0.3) is 0 Å². The Morgan fingerprint density at radius 1 is 1.33 bits per heavy atom. The molecule has 0 fully saturated rings. The van der Waals surface area contributed by atoms with Crippen LogP contribution < -0.4 is 5.32 Å². The molecule has 1 amide bonds. The van der Waals surface area contributed by atoms with Crippen LogP contribution in [0.5, 0.6) is 0 Å². The molecule has 0 spiro atoms. The van der Waals surface area contributed by atoms with Crippen molar-refractivity contribution in [3.63, 3.8) is 0 Å². The molecule has 4 nitrogen and oxygen atoms in total. The van der Waals surface area contributed by atoms with E-state index in [4.69, 9.17) is 4.98 Å². The Labute approximate surface area is 165 Å². The van der Waals surface area contributed by atoms with Gasteiger partial charge >= 0.3 is 0 Å². The number of anilines is 1. The van der Waals surface area contributed by atoms with E-state index < -0.39 is 0 Å². The maximum absolute atomic E-state index is 12.2. The molecule has 0 saturated heterocycles. The van der Waals surface area contributed by atoms with Gasteiger partial charge in [0.25, 0.3) is 0 Å². The number of thioether (sulfide) groups is 1. The quantitative estimate of drug-likeness (QED) is 0.757. The Hall–Kier alpha value is -2.32. The first kappa shape index (κ1) is 19.4. The van der Waals surface area contributed by atoms with Crippen molar-refractivity contribution in [2.24, 2.45) is 5.92 Å². The lowest BCUT2D eigenvalue weighted by Crippen LogP contribution is -2.14. The van der Waals surface area contributed by atoms with E-state index in [0.717, 1.165) is 41.2 Å². The number of amides is 1. The zero-order valence-electron chi connectivity index (χ0n) is 16.1. The van der Waals surface area contributed by atoms with Gasteiger partial charge in [-0.2, -0.15) is 5.26 Å². The van der Waals surface area contributed by atoms with Crippen molar-refractivity contribution in [1.29, 1.82) is 5.26 Å². The number of aromatic nitrogens is 1. The molecule has 1 unspecified atom stereocenters. The van der Waals surface area contributed by atoms with Crippen LogP contribution in [0, 0.1) is 31.1 Å². The van der Waals surface area contributed by atoms with Crippen LogP contribution in [0.2, 0.25) is 0 Å². The molecule has 0 bridgehead atoms. The van der Waals surface area contributed by atoms with Crippen molar-refractivity contribution in [2.45, 2.75) is 51.5 Å². The van der Waals surface area contributed by atoms with Crippen LogP contribution in [-0.2, 0) is 17.6 Å². The summed E-state index contributed by atoms with van der Waals surface area (Å²) in [6, 6.07) is 10.2. The predicted octanol–water partition coefficient (Wildman–Crippen LogP) is 4.82. The summed E-state index contributed by atoms with van der Waals surface area (Å²) >= 11 is 1.50. The maximum Gasteiger partial charge on any atom is 0.225 e. The number of fused-ring (bicyclic) bond motifs is 1. The van der Waals surface area contributed by atoms with Crippen molar-refractivity contribution in [1.82, 2.24) is 4.98 Å². The summed E-state index contributed by atoms with van der Waals surface area (Å²) in [5, 5.41) is 13.2. The van der Waals surface area contributed by atoms with Gasteiger partial charge in [-0.15, -0.1) is 11.8 Å². The minimum atomic E-state index is -0.0176. The van der Waals surface area contributed by atoms with E-state index in [0.29, 0.717) is 23.7 Å².